The number of carbonyl (C=O) groups excluding carboxylic acids is 1. The molecule has 17 heavy (non-hydrogen) atoms. The van der Waals surface area contributed by atoms with Crippen LogP contribution in [-0.2, 0) is 9.53 Å². The summed E-state index contributed by atoms with van der Waals surface area (Å²) in [6.07, 6.45) is 0.0617. The lowest BCUT2D eigenvalue weighted by Gasteiger charge is -2.08. The number of carbonyl (C=O) groups is 1. The lowest BCUT2D eigenvalue weighted by molar-refractivity contribution is -0.120. The van der Waals surface area contributed by atoms with Crippen molar-refractivity contribution in [3.63, 3.8) is 0 Å². The van der Waals surface area contributed by atoms with E-state index in [1.807, 2.05) is 0 Å². The highest BCUT2D eigenvalue weighted by molar-refractivity contribution is 6.30. The fourth-order valence-corrected chi connectivity index (χ4v) is 1.81. The molecule has 1 saturated heterocycles. The van der Waals surface area contributed by atoms with E-state index in [-0.39, 0.29) is 18.0 Å². The predicted octanol–water partition coefficient (Wildman–Crippen LogP) is 2.26. The zero-order valence-electron chi connectivity index (χ0n) is 8.77. The van der Waals surface area contributed by atoms with Crippen LogP contribution in [0.5, 0.6) is 11.5 Å². The van der Waals surface area contributed by atoms with Gasteiger partial charge in [0.05, 0.1) is 5.88 Å². The van der Waals surface area contributed by atoms with E-state index < -0.39 is 0 Å². The fourth-order valence-electron chi connectivity index (χ4n) is 1.38. The van der Waals surface area contributed by atoms with E-state index in [0.29, 0.717) is 29.7 Å². The Kier molecular flexibility index (Phi) is 4.10. The molecule has 0 radical (unpaired) electrons. The van der Waals surface area contributed by atoms with Crippen molar-refractivity contribution in [1.29, 1.82) is 0 Å². The van der Waals surface area contributed by atoms with Gasteiger partial charge in [-0.3, -0.25) is 4.79 Å². The molecular formula is C11H10Cl2O4. The first-order chi connectivity index (χ1) is 8.24. The van der Waals surface area contributed by atoms with Gasteiger partial charge in [0, 0.05) is 11.1 Å². The lowest BCUT2D eigenvalue weighted by atomic mass is 10.3. The highest BCUT2D eigenvalue weighted by atomic mass is 35.5. The predicted molar refractivity (Wildman–Crippen MR) is 63.0 cm³/mol. The van der Waals surface area contributed by atoms with Gasteiger partial charge in [0.1, 0.15) is 18.8 Å². The van der Waals surface area contributed by atoms with Crippen molar-refractivity contribution in [2.24, 2.45) is 0 Å². The van der Waals surface area contributed by atoms with E-state index in [2.05, 4.69) is 0 Å². The zero-order chi connectivity index (χ0) is 12.3. The van der Waals surface area contributed by atoms with Crippen molar-refractivity contribution >= 4 is 29.7 Å². The van der Waals surface area contributed by atoms with E-state index in [1.54, 1.807) is 12.1 Å². The van der Waals surface area contributed by atoms with Crippen LogP contribution in [-0.4, -0.2) is 31.2 Å². The summed E-state index contributed by atoms with van der Waals surface area (Å²) in [7, 11) is 0. The second-order valence-electron chi connectivity index (χ2n) is 3.48. The average molecular weight is 277 g/mol. The molecular weight excluding hydrogens is 267 g/mol. The molecule has 1 fully saturated rings. The maximum Gasteiger partial charge on any atom is 0.298 e. The molecule has 0 N–H and O–H groups in total. The third-order valence-corrected chi connectivity index (χ3v) is 2.86. The highest BCUT2D eigenvalue weighted by Gasteiger charge is 2.38. The molecule has 0 saturated carbocycles. The van der Waals surface area contributed by atoms with Gasteiger partial charge in [-0.25, -0.2) is 0 Å². The molecule has 0 spiro atoms. The molecule has 1 aliphatic rings. The van der Waals surface area contributed by atoms with Gasteiger partial charge in [0.25, 0.3) is 6.47 Å². The van der Waals surface area contributed by atoms with Gasteiger partial charge >= 0.3 is 0 Å². The van der Waals surface area contributed by atoms with Crippen LogP contribution in [0.2, 0.25) is 5.02 Å². The van der Waals surface area contributed by atoms with Crippen LogP contribution in [0, 0.1) is 0 Å². The molecule has 1 heterocycles. The number of rotatable bonds is 6. The largest absolute Gasteiger partial charge is 0.487 e. The van der Waals surface area contributed by atoms with Crippen LogP contribution >= 0.6 is 23.2 Å². The number of alkyl halides is 1. The van der Waals surface area contributed by atoms with E-state index in [4.69, 9.17) is 37.4 Å². The van der Waals surface area contributed by atoms with Gasteiger partial charge < -0.3 is 14.2 Å². The first-order valence-electron chi connectivity index (χ1n) is 4.98. The van der Waals surface area contributed by atoms with E-state index in [0.717, 1.165) is 0 Å². The topological polar surface area (TPSA) is 48.1 Å². The summed E-state index contributed by atoms with van der Waals surface area (Å²) in [6, 6.07) is 4.80. The van der Waals surface area contributed by atoms with Gasteiger partial charge in [-0.05, 0) is 12.1 Å². The van der Waals surface area contributed by atoms with E-state index in [9.17, 15) is 4.79 Å². The van der Waals surface area contributed by atoms with Crippen molar-refractivity contribution in [2.45, 2.75) is 12.2 Å². The maximum atomic E-state index is 10.3. The van der Waals surface area contributed by atoms with Crippen molar-refractivity contribution in [1.82, 2.24) is 0 Å². The molecule has 2 atom stereocenters. The van der Waals surface area contributed by atoms with Gasteiger partial charge in [0.15, 0.2) is 11.5 Å². The summed E-state index contributed by atoms with van der Waals surface area (Å²) in [5, 5.41) is 0.468. The van der Waals surface area contributed by atoms with E-state index >= 15 is 0 Å². The zero-order valence-corrected chi connectivity index (χ0v) is 10.3. The average Bonchev–Trinajstić information content (AvgIpc) is 3.07. The van der Waals surface area contributed by atoms with Crippen LogP contribution in [0.15, 0.2) is 18.2 Å². The molecule has 4 nitrogen and oxygen atoms in total. The third kappa shape index (κ3) is 3.25. The lowest BCUT2D eigenvalue weighted by Crippen LogP contribution is -2.09. The molecule has 0 amide bonds. The fraction of sp³-hybridized carbons (Fsp3) is 0.364. The number of ether oxygens (including phenoxy) is 3. The highest BCUT2D eigenvalue weighted by Crippen LogP contribution is 2.32. The quantitative estimate of drug-likeness (QED) is 0.454. The normalized spacial score (nSPS) is 22.0. The monoisotopic (exact) mass is 276 g/mol. The molecule has 1 aliphatic heterocycles. The van der Waals surface area contributed by atoms with Gasteiger partial charge in [0.2, 0.25) is 0 Å². The minimum atomic E-state index is 0.00672. The maximum absolute atomic E-state index is 10.3. The molecule has 2 rings (SSSR count). The van der Waals surface area contributed by atoms with Crippen molar-refractivity contribution in [3.8, 4) is 11.5 Å². The molecule has 0 aromatic heterocycles. The van der Waals surface area contributed by atoms with E-state index in [1.165, 1.54) is 6.07 Å². The van der Waals surface area contributed by atoms with Gasteiger partial charge in [-0.15, -0.1) is 11.6 Å². The Morgan fingerprint density at radius 1 is 1.35 bits per heavy atom. The molecule has 92 valence electrons. The summed E-state index contributed by atoms with van der Waals surface area (Å²) in [5.41, 5.74) is 0. The Morgan fingerprint density at radius 3 is 2.82 bits per heavy atom. The first-order valence-corrected chi connectivity index (χ1v) is 5.90. The molecule has 1 aromatic rings. The van der Waals surface area contributed by atoms with Crippen LogP contribution in [0.4, 0.5) is 0 Å². The number of halogens is 2. The number of hydrogen-bond acceptors (Lipinski definition) is 4. The molecule has 0 aliphatic carbocycles. The standard InChI is InChI=1S/C11H10Cl2O4/c12-4-10-11(17-10)5-15-8-2-1-7(13)3-9(8)16-6-14/h1-3,6,10-11H,4-5H2. The molecule has 1 aromatic carbocycles. The Labute approximate surface area is 108 Å². The Morgan fingerprint density at radius 2 is 2.18 bits per heavy atom. The number of benzene rings is 1. The molecule has 0 bridgehead atoms. The smallest absolute Gasteiger partial charge is 0.298 e. The third-order valence-electron chi connectivity index (χ3n) is 2.32. The Hall–Kier alpha value is -0.970. The molecule has 6 heteroatoms. The van der Waals surface area contributed by atoms with Crippen LogP contribution in [0.25, 0.3) is 0 Å². The van der Waals surface area contributed by atoms with Crippen molar-refractivity contribution in [2.75, 3.05) is 12.5 Å². The Balaban J connectivity index is 1.97. The van der Waals surface area contributed by atoms with Crippen LogP contribution < -0.4 is 9.47 Å². The summed E-state index contributed by atoms with van der Waals surface area (Å²) in [4.78, 5) is 10.3. The molecule has 2 unspecified atom stereocenters. The summed E-state index contributed by atoms with van der Waals surface area (Å²) in [6.45, 7) is 0.696. The number of epoxide rings is 1. The van der Waals surface area contributed by atoms with Crippen molar-refractivity contribution in [3.05, 3.63) is 23.2 Å². The minimum absolute atomic E-state index is 0.00672. The SMILES string of the molecule is O=COc1cc(Cl)ccc1OCC1OC1CCl. The summed E-state index contributed by atoms with van der Waals surface area (Å²) >= 11 is 11.4. The summed E-state index contributed by atoms with van der Waals surface area (Å²) < 4.78 is 15.5. The second kappa shape index (κ2) is 5.58. The second-order valence-corrected chi connectivity index (χ2v) is 4.23. The Bertz CT molecular complexity index is 410. The number of hydrogen-bond donors (Lipinski definition) is 0. The summed E-state index contributed by atoms with van der Waals surface area (Å²) in [5.74, 6) is 1.19. The van der Waals surface area contributed by atoms with Crippen molar-refractivity contribution < 1.29 is 19.0 Å². The van der Waals surface area contributed by atoms with Gasteiger partial charge in [-0.2, -0.15) is 0 Å². The first kappa shape index (κ1) is 12.5. The minimum Gasteiger partial charge on any atom is -0.487 e. The van der Waals surface area contributed by atoms with Gasteiger partial charge in [-0.1, -0.05) is 11.6 Å². The van der Waals surface area contributed by atoms with Crippen LogP contribution in [0.3, 0.4) is 0 Å². The van der Waals surface area contributed by atoms with Crippen LogP contribution in [0.1, 0.15) is 0 Å².